The van der Waals surface area contributed by atoms with E-state index in [4.69, 9.17) is 27.9 Å². The molecule has 2 unspecified atom stereocenters. The van der Waals surface area contributed by atoms with Gasteiger partial charge >= 0.3 is 0 Å². The van der Waals surface area contributed by atoms with Crippen LogP contribution in [-0.2, 0) is 4.74 Å². The molecule has 0 amide bonds. The van der Waals surface area contributed by atoms with Crippen molar-refractivity contribution in [3.8, 4) is 0 Å². The zero-order valence-corrected chi connectivity index (χ0v) is 15.1. The van der Waals surface area contributed by atoms with E-state index in [2.05, 4.69) is 22.8 Å². The van der Waals surface area contributed by atoms with Crippen LogP contribution in [0.2, 0.25) is 10.0 Å². The maximum absolute atomic E-state index is 6.19. The van der Waals surface area contributed by atoms with Crippen LogP contribution >= 0.6 is 34.5 Å². The number of thiophene rings is 1. The number of hydrogen-bond acceptors (Lipinski definition) is 3. The number of halogens is 2. The molecule has 0 radical (unpaired) electrons. The largest absolute Gasteiger partial charge is 0.371 e. The Morgan fingerprint density at radius 2 is 2.00 bits per heavy atom. The smallest absolute Gasteiger partial charge is 0.0960 e. The third kappa shape index (κ3) is 3.45. The summed E-state index contributed by atoms with van der Waals surface area (Å²) in [5.74, 6) is 1.14. The van der Waals surface area contributed by atoms with Gasteiger partial charge in [0.1, 0.15) is 0 Å². The van der Waals surface area contributed by atoms with E-state index in [9.17, 15) is 0 Å². The molecule has 1 saturated carbocycles. The Bertz CT molecular complexity index is 698. The van der Waals surface area contributed by atoms with Crippen molar-refractivity contribution in [1.82, 2.24) is 5.32 Å². The minimum absolute atomic E-state index is 0.161. The van der Waals surface area contributed by atoms with Crippen LogP contribution in [-0.4, -0.2) is 19.7 Å². The molecule has 5 heteroatoms. The van der Waals surface area contributed by atoms with Crippen molar-refractivity contribution in [3.05, 3.63) is 55.7 Å². The van der Waals surface area contributed by atoms with E-state index in [0.717, 1.165) is 19.0 Å². The van der Waals surface area contributed by atoms with E-state index in [1.807, 2.05) is 23.5 Å². The van der Waals surface area contributed by atoms with Gasteiger partial charge in [-0.05, 0) is 60.0 Å². The molecule has 1 fully saturated rings. The van der Waals surface area contributed by atoms with E-state index in [1.54, 1.807) is 0 Å². The Labute approximate surface area is 150 Å². The van der Waals surface area contributed by atoms with E-state index >= 15 is 0 Å². The number of benzene rings is 1. The SMILES string of the molecule is Clc1ccc(C2COC(CNCC3CC3)c3ccsc32)cc1Cl. The van der Waals surface area contributed by atoms with Gasteiger partial charge in [-0.1, -0.05) is 29.3 Å². The van der Waals surface area contributed by atoms with Crippen molar-refractivity contribution in [3.63, 3.8) is 0 Å². The lowest BCUT2D eigenvalue weighted by atomic mass is 9.92. The highest BCUT2D eigenvalue weighted by Gasteiger charge is 2.30. The molecule has 0 spiro atoms. The summed E-state index contributed by atoms with van der Waals surface area (Å²) in [7, 11) is 0. The zero-order chi connectivity index (χ0) is 15.8. The molecule has 1 aromatic carbocycles. The first-order chi connectivity index (χ1) is 11.2. The minimum atomic E-state index is 0.161. The molecule has 1 N–H and O–H groups in total. The summed E-state index contributed by atoms with van der Waals surface area (Å²) in [6, 6.07) is 8.09. The highest BCUT2D eigenvalue weighted by atomic mass is 35.5. The predicted molar refractivity (Wildman–Crippen MR) is 96.9 cm³/mol. The first-order valence-electron chi connectivity index (χ1n) is 8.07. The Morgan fingerprint density at radius 3 is 2.78 bits per heavy atom. The quantitative estimate of drug-likeness (QED) is 0.778. The number of fused-ring (bicyclic) bond motifs is 1. The van der Waals surface area contributed by atoms with Crippen molar-refractivity contribution >= 4 is 34.5 Å². The number of hydrogen-bond donors (Lipinski definition) is 1. The fraction of sp³-hybridized carbons (Fsp3) is 0.444. The van der Waals surface area contributed by atoms with Crippen LogP contribution in [0.4, 0.5) is 0 Å². The van der Waals surface area contributed by atoms with Crippen molar-refractivity contribution < 1.29 is 4.74 Å². The third-order valence-electron chi connectivity index (χ3n) is 4.66. The molecule has 2 aromatic rings. The van der Waals surface area contributed by atoms with Gasteiger partial charge in [-0.2, -0.15) is 0 Å². The molecule has 2 atom stereocenters. The second-order valence-corrected chi connectivity index (χ2v) is 8.15. The van der Waals surface area contributed by atoms with Crippen LogP contribution < -0.4 is 5.32 Å². The minimum Gasteiger partial charge on any atom is -0.371 e. The van der Waals surface area contributed by atoms with Gasteiger partial charge in [0, 0.05) is 17.3 Å². The van der Waals surface area contributed by atoms with Gasteiger partial charge in [-0.25, -0.2) is 0 Å². The van der Waals surface area contributed by atoms with Gasteiger partial charge < -0.3 is 10.1 Å². The second kappa shape index (κ2) is 6.73. The Balaban J connectivity index is 1.52. The van der Waals surface area contributed by atoms with Crippen LogP contribution in [0.1, 0.15) is 40.9 Å². The number of nitrogens with one attached hydrogen (secondary N) is 1. The molecule has 1 aromatic heterocycles. The summed E-state index contributed by atoms with van der Waals surface area (Å²) >= 11 is 14.0. The lowest BCUT2D eigenvalue weighted by Gasteiger charge is -2.30. The van der Waals surface area contributed by atoms with Gasteiger partial charge in [0.2, 0.25) is 0 Å². The molecule has 122 valence electrons. The maximum atomic E-state index is 6.19. The maximum Gasteiger partial charge on any atom is 0.0960 e. The molecule has 23 heavy (non-hydrogen) atoms. The third-order valence-corrected chi connectivity index (χ3v) is 6.45. The van der Waals surface area contributed by atoms with Crippen molar-refractivity contribution in [2.45, 2.75) is 24.9 Å². The van der Waals surface area contributed by atoms with Crippen LogP contribution in [0.3, 0.4) is 0 Å². The topological polar surface area (TPSA) is 21.3 Å². The van der Waals surface area contributed by atoms with E-state index < -0.39 is 0 Å². The van der Waals surface area contributed by atoms with Crippen molar-refractivity contribution in [1.29, 1.82) is 0 Å². The van der Waals surface area contributed by atoms with Crippen LogP contribution in [0.15, 0.2) is 29.6 Å². The molecule has 2 nitrogen and oxygen atoms in total. The van der Waals surface area contributed by atoms with Crippen LogP contribution in [0.25, 0.3) is 0 Å². The molecule has 2 heterocycles. The zero-order valence-electron chi connectivity index (χ0n) is 12.7. The first kappa shape index (κ1) is 15.9. The lowest BCUT2D eigenvalue weighted by Crippen LogP contribution is -2.29. The highest BCUT2D eigenvalue weighted by Crippen LogP contribution is 2.41. The van der Waals surface area contributed by atoms with Gasteiger partial charge in [-0.3, -0.25) is 0 Å². The van der Waals surface area contributed by atoms with Crippen LogP contribution in [0, 0.1) is 5.92 Å². The summed E-state index contributed by atoms with van der Waals surface area (Å²) in [6.07, 6.45) is 2.91. The Kier molecular flexibility index (Phi) is 4.66. The van der Waals surface area contributed by atoms with Crippen LogP contribution in [0.5, 0.6) is 0 Å². The molecule has 1 aliphatic heterocycles. The molecule has 4 rings (SSSR count). The standard InChI is InChI=1S/C18H19Cl2NOS/c19-15-4-3-12(7-16(15)20)14-10-22-17(9-21-8-11-1-2-11)13-5-6-23-18(13)14/h3-7,11,14,17,21H,1-2,8-10H2. The molecular weight excluding hydrogens is 349 g/mol. The first-order valence-corrected chi connectivity index (χ1v) is 9.70. The van der Waals surface area contributed by atoms with Crippen molar-refractivity contribution in [2.24, 2.45) is 5.92 Å². The van der Waals surface area contributed by atoms with Gasteiger partial charge in [0.25, 0.3) is 0 Å². The van der Waals surface area contributed by atoms with E-state index in [1.165, 1.54) is 28.8 Å². The molecule has 0 bridgehead atoms. The highest BCUT2D eigenvalue weighted by molar-refractivity contribution is 7.10. The molecule has 1 aliphatic carbocycles. The molecular formula is C18H19Cl2NOS. The van der Waals surface area contributed by atoms with Gasteiger partial charge in [-0.15, -0.1) is 11.3 Å². The van der Waals surface area contributed by atoms with Gasteiger partial charge in [0.15, 0.2) is 0 Å². The lowest BCUT2D eigenvalue weighted by molar-refractivity contribution is 0.0354. The fourth-order valence-corrected chi connectivity index (χ4v) is 4.52. The monoisotopic (exact) mass is 367 g/mol. The Hall–Kier alpha value is -0.580. The number of rotatable bonds is 5. The second-order valence-electron chi connectivity index (χ2n) is 6.39. The van der Waals surface area contributed by atoms with E-state index in [-0.39, 0.29) is 12.0 Å². The van der Waals surface area contributed by atoms with E-state index in [0.29, 0.717) is 16.7 Å². The summed E-state index contributed by atoms with van der Waals surface area (Å²) in [4.78, 5) is 1.40. The Morgan fingerprint density at radius 1 is 1.13 bits per heavy atom. The number of ether oxygens (including phenoxy) is 1. The average molecular weight is 368 g/mol. The summed E-state index contributed by atoms with van der Waals surface area (Å²) < 4.78 is 6.17. The molecule has 2 aliphatic rings. The summed E-state index contributed by atoms with van der Waals surface area (Å²) in [5, 5.41) is 6.93. The summed E-state index contributed by atoms with van der Waals surface area (Å²) in [5.41, 5.74) is 2.49. The van der Waals surface area contributed by atoms with Gasteiger partial charge in [0.05, 0.1) is 22.8 Å². The predicted octanol–water partition coefficient (Wildman–Crippen LogP) is 5.26. The van der Waals surface area contributed by atoms with Crippen molar-refractivity contribution in [2.75, 3.05) is 19.7 Å². The summed E-state index contributed by atoms with van der Waals surface area (Å²) in [6.45, 7) is 2.71. The normalized spacial score (nSPS) is 23.7. The molecule has 0 saturated heterocycles. The fourth-order valence-electron chi connectivity index (χ4n) is 3.14. The average Bonchev–Trinajstić information content (AvgIpc) is 3.23.